The maximum atomic E-state index is 10.6. The Morgan fingerprint density at radius 3 is 2.58 bits per heavy atom. The number of β-amino-alcohol motifs (C(OH)–C–C–N with tert-alkyl or cyclic N) is 1. The van der Waals surface area contributed by atoms with E-state index in [2.05, 4.69) is 31.2 Å². The Morgan fingerprint density at radius 2 is 1.81 bits per heavy atom. The Balaban J connectivity index is 1.31. The van der Waals surface area contributed by atoms with E-state index in [0.717, 1.165) is 59.5 Å². The van der Waals surface area contributed by atoms with Crippen molar-refractivity contribution >= 4 is 34.2 Å². The van der Waals surface area contributed by atoms with Gasteiger partial charge in [0.25, 0.3) is 0 Å². The first-order chi connectivity index (χ1) is 15.2. The molecule has 0 bridgehead atoms. The zero-order valence-corrected chi connectivity index (χ0v) is 18.8. The number of hydrogen-bond acceptors (Lipinski definition) is 8. The van der Waals surface area contributed by atoms with Crippen molar-refractivity contribution in [3.05, 3.63) is 48.5 Å². The van der Waals surface area contributed by atoms with Crippen molar-refractivity contribution in [2.75, 3.05) is 62.9 Å². The second kappa shape index (κ2) is 10.2. The van der Waals surface area contributed by atoms with Crippen LogP contribution < -0.4 is 15.0 Å². The molecule has 8 heteroatoms. The van der Waals surface area contributed by atoms with Crippen LogP contribution in [0.4, 0.5) is 11.5 Å². The lowest BCUT2D eigenvalue weighted by Gasteiger charge is -2.37. The molecule has 2 heterocycles. The van der Waals surface area contributed by atoms with Gasteiger partial charge >= 0.3 is 0 Å². The van der Waals surface area contributed by atoms with Crippen LogP contribution in [0.2, 0.25) is 0 Å². The van der Waals surface area contributed by atoms with Crippen LogP contribution >= 0.6 is 11.8 Å². The molecule has 0 saturated carbocycles. The monoisotopic (exact) mass is 439 g/mol. The van der Waals surface area contributed by atoms with E-state index in [9.17, 15) is 5.11 Å². The molecule has 0 radical (unpaired) electrons. The molecule has 1 fully saturated rings. The molecule has 3 aromatic rings. The van der Waals surface area contributed by atoms with Gasteiger partial charge in [-0.25, -0.2) is 9.97 Å². The number of methoxy groups -OCH3 is 1. The van der Waals surface area contributed by atoms with E-state index in [0.29, 0.717) is 13.1 Å². The fourth-order valence-electron chi connectivity index (χ4n) is 3.92. The van der Waals surface area contributed by atoms with E-state index in [1.165, 1.54) is 11.8 Å². The van der Waals surface area contributed by atoms with Crippen LogP contribution in [0.5, 0.6) is 5.75 Å². The minimum Gasteiger partial charge on any atom is -0.495 e. The maximum absolute atomic E-state index is 10.6. The van der Waals surface area contributed by atoms with Gasteiger partial charge < -0.3 is 20.1 Å². The summed E-state index contributed by atoms with van der Waals surface area (Å²) < 4.78 is 5.50. The first kappa shape index (κ1) is 21.7. The van der Waals surface area contributed by atoms with Crippen LogP contribution in [0.3, 0.4) is 0 Å². The van der Waals surface area contributed by atoms with E-state index in [1.807, 2.05) is 48.7 Å². The summed E-state index contributed by atoms with van der Waals surface area (Å²) in [4.78, 5) is 13.8. The van der Waals surface area contributed by atoms with Gasteiger partial charge in [-0.15, -0.1) is 0 Å². The van der Waals surface area contributed by atoms with Gasteiger partial charge in [0.2, 0.25) is 0 Å². The number of anilines is 2. The van der Waals surface area contributed by atoms with E-state index in [4.69, 9.17) is 4.74 Å². The lowest BCUT2D eigenvalue weighted by atomic mass is 10.2. The molecule has 1 saturated heterocycles. The Labute approximate surface area is 187 Å². The number of aliphatic hydroxyl groups excluding tert-OH is 1. The summed E-state index contributed by atoms with van der Waals surface area (Å²) in [5.41, 5.74) is 2.04. The number of hydrogen-bond donors (Lipinski definition) is 2. The summed E-state index contributed by atoms with van der Waals surface area (Å²) in [5.74, 6) is 1.68. The predicted octanol–water partition coefficient (Wildman–Crippen LogP) is 2.96. The van der Waals surface area contributed by atoms with E-state index in [1.54, 1.807) is 7.11 Å². The summed E-state index contributed by atoms with van der Waals surface area (Å²) in [7, 11) is 1.71. The van der Waals surface area contributed by atoms with Gasteiger partial charge in [0.05, 0.1) is 24.4 Å². The molecule has 7 nitrogen and oxygen atoms in total. The third-order valence-corrected chi connectivity index (χ3v) is 6.09. The number of fused-ring (bicyclic) bond motifs is 1. The number of ether oxygens (including phenoxy) is 1. The topological polar surface area (TPSA) is 73.8 Å². The highest BCUT2D eigenvalue weighted by Gasteiger charge is 2.21. The predicted molar refractivity (Wildman–Crippen MR) is 127 cm³/mol. The lowest BCUT2D eigenvalue weighted by molar-refractivity contribution is 0.118. The first-order valence-electron chi connectivity index (χ1n) is 10.5. The second-order valence-electron chi connectivity index (χ2n) is 7.57. The van der Waals surface area contributed by atoms with Gasteiger partial charge in [-0.3, -0.25) is 4.90 Å². The van der Waals surface area contributed by atoms with Crippen LogP contribution in [-0.2, 0) is 0 Å². The van der Waals surface area contributed by atoms with Crippen molar-refractivity contribution in [2.45, 2.75) is 11.3 Å². The molecule has 0 unspecified atom stereocenters. The number of piperazine rings is 1. The van der Waals surface area contributed by atoms with Crippen molar-refractivity contribution in [3.8, 4) is 5.75 Å². The first-order valence-corrected chi connectivity index (χ1v) is 11.7. The number of thioether (sulfide) groups is 1. The molecule has 0 amide bonds. The number of aromatic nitrogens is 2. The van der Waals surface area contributed by atoms with Gasteiger partial charge in [-0.2, -0.15) is 0 Å². The van der Waals surface area contributed by atoms with Crippen molar-refractivity contribution in [2.24, 2.45) is 0 Å². The normalized spacial score (nSPS) is 15.8. The van der Waals surface area contributed by atoms with E-state index < -0.39 is 6.10 Å². The highest BCUT2D eigenvalue weighted by atomic mass is 32.2. The summed E-state index contributed by atoms with van der Waals surface area (Å²) in [5, 5.41) is 15.7. The molecule has 0 aliphatic carbocycles. The minimum absolute atomic E-state index is 0.446. The number of para-hydroxylation sites is 3. The Kier molecular flexibility index (Phi) is 7.11. The number of aliphatic hydroxyl groups is 1. The largest absolute Gasteiger partial charge is 0.495 e. The smallest absolute Gasteiger partial charge is 0.189 e. The molecule has 31 heavy (non-hydrogen) atoms. The summed E-state index contributed by atoms with van der Waals surface area (Å²) in [6.45, 7) is 4.71. The zero-order valence-electron chi connectivity index (χ0n) is 18.0. The highest BCUT2D eigenvalue weighted by Crippen LogP contribution is 2.28. The van der Waals surface area contributed by atoms with Crippen molar-refractivity contribution in [1.82, 2.24) is 14.9 Å². The average Bonchev–Trinajstić information content (AvgIpc) is 2.82. The van der Waals surface area contributed by atoms with Crippen LogP contribution in [0.15, 0.2) is 53.7 Å². The Hall–Kier alpha value is -2.55. The SMILES string of the molecule is COc1ccccc1N1CCN(C[C@@H](O)CNc2nc(SC)nc3ccccc23)CC1. The standard InChI is InChI=1S/C23H29N5O2S/c1-30-21-10-6-5-9-20(21)28-13-11-27(12-14-28)16-17(29)15-24-22-18-7-3-4-8-19(18)25-23(26-22)31-2/h3-10,17,29H,11-16H2,1-2H3,(H,24,25,26)/t17-/m0/s1. The second-order valence-corrected chi connectivity index (χ2v) is 8.34. The lowest BCUT2D eigenvalue weighted by Crippen LogP contribution is -2.49. The minimum atomic E-state index is -0.482. The molecule has 1 atom stereocenters. The molecule has 2 N–H and O–H groups in total. The van der Waals surface area contributed by atoms with Crippen molar-refractivity contribution in [3.63, 3.8) is 0 Å². The van der Waals surface area contributed by atoms with Crippen molar-refractivity contribution < 1.29 is 9.84 Å². The Morgan fingerprint density at radius 1 is 1.06 bits per heavy atom. The van der Waals surface area contributed by atoms with Gasteiger partial charge in [0.15, 0.2) is 5.16 Å². The molecule has 4 rings (SSSR count). The molecule has 1 aliphatic rings. The van der Waals surface area contributed by atoms with Crippen LogP contribution in [-0.4, -0.2) is 78.7 Å². The Bertz CT molecular complexity index is 1010. The number of benzene rings is 2. The van der Waals surface area contributed by atoms with E-state index in [-0.39, 0.29) is 0 Å². The van der Waals surface area contributed by atoms with Crippen LogP contribution in [0, 0.1) is 0 Å². The van der Waals surface area contributed by atoms with Gasteiger partial charge in [-0.1, -0.05) is 36.0 Å². The summed E-state index contributed by atoms with van der Waals surface area (Å²) in [6, 6.07) is 16.1. The summed E-state index contributed by atoms with van der Waals surface area (Å²) in [6.07, 6.45) is 1.48. The molecular formula is C23H29N5O2S. The zero-order chi connectivity index (χ0) is 21.6. The average molecular weight is 440 g/mol. The quantitative estimate of drug-likeness (QED) is 0.410. The summed E-state index contributed by atoms with van der Waals surface area (Å²) >= 11 is 1.51. The molecule has 0 spiro atoms. The number of nitrogens with one attached hydrogen (secondary N) is 1. The fraction of sp³-hybridized carbons (Fsp3) is 0.391. The van der Waals surface area contributed by atoms with Gasteiger partial charge in [-0.05, 0) is 30.5 Å². The number of nitrogens with zero attached hydrogens (tertiary/aromatic N) is 4. The van der Waals surface area contributed by atoms with Crippen LogP contribution in [0.1, 0.15) is 0 Å². The maximum Gasteiger partial charge on any atom is 0.189 e. The number of rotatable bonds is 8. The van der Waals surface area contributed by atoms with Gasteiger partial charge in [0.1, 0.15) is 11.6 Å². The van der Waals surface area contributed by atoms with Crippen LogP contribution in [0.25, 0.3) is 10.9 Å². The van der Waals surface area contributed by atoms with Crippen molar-refractivity contribution in [1.29, 1.82) is 0 Å². The fourth-order valence-corrected chi connectivity index (χ4v) is 4.29. The third kappa shape index (κ3) is 5.20. The molecule has 1 aliphatic heterocycles. The molecular weight excluding hydrogens is 410 g/mol. The molecule has 164 valence electrons. The third-order valence-electron chi connectivity index (χ3n) is 5.54. The van der Waals surface area contributed by atoms with E-state index >= 15 is 0 Å². The molecule has 2 aromatic carbocycles. The van der Waals surface area contributed by atoms with Gasteiger partial charge in [0, 0.05) is 44.7 Å². The highest BCUT2D eigenvalue weighted by molar-refractivity contribution is 7.98. The molecule has 1 aromatic heterocycles.